The maximum Gasteiger partial charge on any atom is 0.321 e. The smallest absolute Gasteiger partial charge is 0.321 e. The van der Waals surface area contributed by atoms with Crippen LogP contribution in [0.1, 0.15) is 12.5 Å². The van der Waals surface area contributed by atoms with Crippen molar-refractivity contribution in [3.8, 4) is 6.07 Å². The van der Waals surface area contributed by atoms with Crippen molar-refractivity contribution in [1.29, 1.82) is 5.26 Å². The molecule has 1 aromatic rings. The molecule has 1 fully saturated rings. The van der Waals surface area contributed by atoms with Gasteiger partial charge in [-0.15, -0.1) is 0 Å². The van der Waals surface area contributed by atoms with Gasteiger partial charge in [-0.25, -0.2) is 4.79 Å². The third kappa shape index (κ3) is 3.26. The molecule has 2 rings (SSSR count). The Bertz CT molecular complexity index is 620. The van der Waals surface area contributed by atoms with Crippen molar-refractivity contribution >= 4 is 29.3 Å². The molecule has 1 aliphatic heterocycles. The molecule has 1 unspecified atom stereocenters. The van der Waals surface area contributed by atoms with Gasteiger partial charge in [0.1, 0.15) is 0 Å². The Hall–Kier alpha value is -2.26. The molecule has 2 amide bonds. The standard InChI is InChI=1S/C14H14ClN3O3/c1-8(13(19)20)10-6-18(7-10)14(21)17-12-3-2-9(5-16)4-11(12)15/h2-4,8,10H,6-7H2,1H3,(H,17,21)(H,19,20). The van der Waals surface area contributed by atoms with Crippen LogP contribution in [0.4, 0.5) is 10.5 Å². The molecular weight excluding hydrogens is 294 g/mol. The number of hydrogen-bond acceptors (Lipinski definition) is 3. The van der Waals surface area contributed by atoms with E-state index in [2.05, 4.69) is 5.32 Å². The predicted octanol–water partition coefficient (Wildman–Crippen LogP) is 2.40. The highest BCUT2D eigenvalue weighted by molar-refractivity contribution is 6.33. The van der Waals surface area contributed by atoms with Crippen molar-refractivity contribution in [3.05, 3.63) is 28.8 Å². The maximum absolute atomic E-state index is 12.0. The number of carboxylic acid groups (broad SMARTS) is 1. The minimum Gasteiger partial charge on any atom is -0.481 e. The second-order valence-electron chi connectivity index (χ2n) is 5.03. The Labute approximate surface area is 126 Å². The van der Waals surface area contributed by atoms with Crippen LogP contribution >= 0.6 is 11.6 Å². The number of nitrogens with one attached hydrogen (secondary N) is 1. The number of nitrogens with zero attached hydrogens (tertiary/aromatic N) is 2. The number of amides is 2. The molecule has 110 valence electrons. The molecule has 1 saturated heterocycles. The van der Waals surface area contributed by atoms with Crippen LogP contribution < -0.4 is 5.32 Å². The van der Waals surface area contributed by atoms with E-state index in [0.717, 1.165) is 0 Å². The molecule has 1 atom stereocenters. The van der Waals surface area contributed by atoms with Gasteiger partial charge in [0, 0.05) is 19.0 Å². The van der Waals surface area contributed by atoms with Crippen LogP contribution in [0.3, 0.4) is 0 Å². The van der Waals surface area contributed by atoms with Crippen LogP contribution in [0, 0.1) is 23.2 Å². The number of halogens is 1. The summed E-state index contributed by atoms with van der Waals surface area (Å²) >= 11 is 5.98. The number of carbonyl (C=O) groups excluding carboxylic acids is 1. The Morgan fingerprint density at radius 2 is 2.19 bits per heavy atom. The van der Waals surface area contributed by atoms with Crippen molar-refractivity contribution in [2.75, 3.05) is 18.4 Å². The van der Waals surface area contributed by atoms with E-state index in [1.807, 2.05) is 6.07 Å². The van der Waals surface area contributed by atoms with Gasteiger partial charge < -0.3 is 15.3 Å². The normalized spacial score (nSPS) is 15.8. The van der Waals surface area contributed by atoms with E-state index in [4.69, 9.17) is 22.0 Å². The van der Waals surface area contributed by atoms with Crippen molar-refractivity contribution in [2.24, 2.45) is 11.8 Å². The van der Waals surface area contributed by atoms with Gasteiger partial charge in [0.25, 0.3) is 0 Å². The van der Waals surface area contributed by atoms with E-state index in [1.165, 1.54) is 11.0 Å². The monoisotopic (exact) mass is 307 g/mol. The van der Waals surface area contributed by atoms with Crippen LogP contribution in [0.15, 0.2) is 18.2 Å². The summed E-state index contributed by atoms with van der Waals surface area (Å²) in [6.07, 6.45) is 0. The van der Waals surface area contributed by atoms with E-state index < -0.39 is 11.9 Å². The number of carbonyl (C=O) groups is 2. The van der Waals surface area contributed by atoms with E-state index in [0.29, 0.717) is 29.4 Å². The molecule has 1 heterocycles. The second-order valence-corrected chi connectivity index (χ2v) is 5.44. The first-order valence-corrected chi connectivity index (χ1v) is 6.78. The highest BCUT2D eigenvalue weighted by Crippen LogP contribution is 2.27. The number of aliphatic carboxylic acids is 1. The quantitative estimate of drug-likeness (QED) is 0.896. The van der Waals surface area contributed by atoms with Gasteiger partial charge in [-0.3, -0.25) is 4.79 Å². The topological polar surface area (TPSA) is 93.4 Å². The molecule has 21 heavy (non-hydrogen) atoms. The van der Waals surface area contributed by atoms with Gasteiger partial charge in [-0.05, 0) is 18.2 Å². The Balaban J connectivity index is 1.92. The van der Waals surface area contributed by atoms with Gasteiger partial charge in [-0.1, -0.05) is 18.5 Å². The first kappa shape index (κ1) is 15.1. The fourth-order valence-electron chi connectivity index (χ4n) is 2.08. The van der Waals surface area contributed by atoms with Crippen LogP contribution in [0.2, 0.25) is 5.02 Å². The molecule has 0 radical (unpaired) electrons. The summed E-state index contributed by atoms with van der Waals surface area (Å²) in [6, 6.07) is 6.24. The summed E-state index contributed by atoms with van der Waals surface area (Å²) < 4.78 is 0. The van der Waals surface area contributed by atoms with Crippen molar-refractivity contribution in [3.63, 3.8) is 0 Å². The molecule has 0 aliphatic carbocycles. The number of rotatable bonds is 3. The molecule has 7 heteroatoms. The van der Waals surface area contributed by atoms with Crippen molar-refractivity contribution in [1.82, 2.24) is 4.90 Å². The lowest BCUT2D eigenvalue weighted by molar-refractivity contribution is -0.144. The van der Waals surface area contributed by atoms with Gasteiger partial charge in [0.2, 0.25) is 0 Å². The highest BCUT2D eigenvalue weighted by atomic mass is 35.5. The molecule has 1 aromatic carbocycles. The van der Waals surface area contributed by atoms with Crippen molar-refractivity contribution in [2.45, 2.75) is 6.92 Å². The van der Waals surface area contributed by atoms with Gasteiger partial charge in [0.15, 0.2) is 0 Å². The summed E-state index contributed by atoms with van der Waals surface area (Å²) in [5.41, 5.74) is 0.840. The Kier molecular flexibility index (Phi) is 4.34. The van der Waals surface area contributed by atoms with Crippen molar-refractivity contribution < 1.29 is 14.7 Å². The lowest BCUT2D eigenvalue weighted by atomic mass is 9.87. The minimum atomic E-state index is -0.852. The predicted molar refractivity (Wildman–Crippen MR) is 77.0 cm³/mol. The summed E-state index contributed by atoms with van der Waals surface area (Å²) in [6.45, 7) is 2.46. The second kappa shape index (κ2) is 6.02. The largest absolute Gasteiger partial charge is 0.481 e. The Morgan fingerprint density at radius 3 is 2.71 bits per heavy atom. The molecule has 1 aliphatic rings. The van der Waals surface area contributed by atoms with Gasteiger partial charge in [0.05, 0.1) is 28.3 Å². The van der Waals surface area contributed by atoms with Crippen LogP contribution in [0.25, 0.3) is 0 Å². The zero-order valence-electron chi connectivity index (χ0n) is 11.3. The highest BCUT2D eigenvalue weighted by Gasteiger charge is 2.37. The zero-order chi connectivity index (χ0) is 15.6. The summed E-state index contributed by atoms with van der Waals surface area (Å²) in [5.74, 6) is -1.34. The van der Waals surface area contributed by atoms with Crippen LogP contribution in [-0.2, 0) is 4.79 Å². The third-order valence-electron chi connectivity index (χ3n) is 3.63. The molecule has 2 N–H and O–H groups in total. The number of hydrogen-bond donors (Lipinski definition) is 2. The Morgan fingerprint density at radius 1 is 1.52 bits per heavy atom. The lowest BCUT2D eigenvalue weighted by Gasteiger charge is -2.41. The van der Waals surface area contributed by atoms with Crippen LogP contribution in [-0.4, -0.2) is 35.1 Å². The fourth-order valence-corrected chi connectivity index (χ4v) is 2.30. The number of anilines is 1. The zero-order valence-corrected chi connectivity index (χ0v) is 12.1. The lowest BCUT2D eigenvalue weighted by Crippen LogP contribution is -2.54. The number of nitriles is 1. The number of urea groups is 1. The SMILES string of the molecule is CC(C(=O)O)C1CN(C(=O)Nc2ccc(C#N)cc2Cl)C1. The molecule has 6 nitrogen and oxygen atoms in total. The average molecular weight is 308 g/mol. The summed E-state index contributed by atoms with van der Waals surface area (Å²) in [7, 11) is 0. The van der Waals surface area contributed by atoms with E-state index >= 15 is 0 Å². The summed E-state index contributed by atoms with van der Waals surface area (Å²) in [5, 5.41) is 20.6. The molecular formula is C14H14ClN3O3. The molecule has 0 bridgehead atoms. The van der Waals surface area contributed by atoms with E-state index in [-0.39, 0.29) is 11.9 Å². The first-order chi connectivity index (χ1) is 9.92. The van der Waals surface area contributed by atoms with Crippen LogP contribution in [0.5, 0.6) is 0 Å². The molecule has 0 saturated carbocycles. The van der Waals surface area contributed by atoms with Gasteiger partial charge in [-0.2, -0.15) is 5.26 Å². The maximum atomic E-state index is 12.0. The minimum absolute atomic E-state index is 0.0234. The first-order valence-electron chi connectivity index (χ1n) is 6.40. The molecule has 0 aromatic heterocycles. The number of carboxylic acids is 1. The summed E-state index contributed by atoms with van der Waals surface area (Å²) in [4.78, 5) is 24.4. The third-order valence-corrected chi connectivity index (χ3v) is 3.95. The average Bonchev–Trinajstić information content (AvgIpc) is 2.39. The fraction of sp³-hybridized carbons (Fsp3) is 0.357. The van der Waals surface area contributed by atoms with E-state index in [9.17, 15) is 9.59 Å². The van der Waals surface area contributed by atoms with E-state index in [1.54, 1.807) is 19.1 Å². The number of benzene rings is 1. The molecule has 0 spiro atoms. The van der Waals surface area contributed by atoms with Gasteiger partial charge >= 0.3 is 12.0 Å². The number of likely N-dealkylation sites (tertiary alicyclic amines) is 1.